The molecule has 2 heterocycles. The molecular formula is C10H15N3O5S. The minimum atomic E-state index is -3.98. The Morgan fingerprint density at radius 3 is 2.84 bits per heavy atom. The van der Waals surface area contributed by atoms with Crippen LogP contribution in [-0.4, -0.2) is 57.6 Å². The zero-order valence-corrected chi connectivity index (χ0v) is 11.1. The van der Waals surface area contributed by atoms with Crippen LogP contribution in [0.25, 0.3) is 0 Å². The minimum Gasteiger partial charge on any atom is -0.480 e. The van der Waals surface area contributed by atoms with E-state index in [0.29, 0.717) is 12.2 Å². The molecule has 8 nitrogen and oxygen atoms in total. The van der Waals surface area contributed by atoms with Gasteiger partial charge in [0.15, 0.2) is 5.03 Å². The molecule has 19 heavy (non-hydrogen) atoms. The van der Waals surface area contributed by atoms with Crippen LogP contribution >= 0.6 is 0 Å². The minimum absolute atomic E-state index is 0.108. The SMILES string of the molecule is CCc1ncc(S(=O)(=O)N2C[C@@H](O)C[C@H]2C(=O)O)[nH]1. The van der Waals surface area contributed by atoms with E-state index >= 15 is 0 Å². The Bertz CT molecular complexity index is 582. The van der Waals surface area contributed by atoms with Crippen LogP contribution < -0.4 is 0 Å². The Hall–Kier alpha value is -1.45. The topological polar surface area (TPSA) is 124 Å². The number of aromatic nitrogens is 2. The molecular weight excluding hydrogens is 274 g/mol. The fourth-order valence-electron chi connectivity index (χ4n) is 2.05. The number of nitrogens with zero attached hydrogens (tertiary/aromatic N) is 2. The first-order valence-corrected chi connectivity index (χ1v) is 7.27. The molecule has 1 aliphatic heterocycles. The fourth-order valence-corrected chi connectivity index (χ4v) is 3.62. The monoisotopic (exact) mass is 289 g/mol. The molecule has 0 aromatic carbocycles. The van der Waals surface area contributed by atoms with Gasteiger partial charge in [0.25, 0.3) is 10.0 Å². The van der Waals surface area contributed by atoms with E-state index in [4.69, 9.17) is 5.11 Å². The van der Waals surface area contributed by atoms with Gasteiger partial charge in [-0.2, -0.15) is 4.31 Å². The van der Waals surface area contributed by atoms with E-state index in [9.17, 15) is 18.3 Å². The first-order chi connectivity index (χ1) is 8.86. The Labute approximate surface area is 110 Å². The summed E-state index contributed by atoms with van der Waals surface area (Å²) in [6.45, 7) is 1.59. The van der Waals surface area contributed by atoms with Crippen molar-refractivity contribution in [3.8, 4) is 0 Å². The largest absolute Gasteiger partial charge is 0.480 e. The predicted octanol–water partition coefficient (Wildman–Crippen LogP) is -0.819. The van der Waals surface area contributed by atoms with Crippen LogP contribution in [0.3, 0.4) is 0 Å². The maximum Gasteiger partial charge on any atom is 0.322 e. The van der Waals surface area contributed by atoms with Gasteiger partial charge >= 0.3 is 5.97 Å². The number of aryl methyl sites for hydroxylation is 1. The Kier molecular flexibility index (Phi) is 3.61. The van der Waals surface area contributed by atoms with Crippen LogP contribution in [0, 0.1) is 0 Å². The quantitative estimate of drug-likeness (QED) is 0.665. The highest BCUT2D eigenvalue weighted by atomic mass is 32.2. The molecule has 1 saturated heterocycles. The lowest BCUT2D eigenvalue weighted by Crippen LogP contribution is -2.40. The number of H-pyrrole nitrogens is 1. The summed E-state index contributed by atoms with van der Waals surface area (Å²) >= 11 is 0. The molecule has 0 radical (unpaired) electrons. The van der Waals surface area contributed by atoms with Crippen LogP contribution in [0.4, 0.5) is 0 Å². The van der Waals surface area contributed by atoms with E-state index in [1.807, 2.05) is 6.92 Å². The van der Waals surface area contributed by atoms with Crippen molar-refractivity contribution in [1.29, 1.82) is 0 Å². The van der Waals surface area contributed by atoms with Gasteiger partial charge < -0.3 is 15.2 Å². The molecule has 0 spiro atoms. The molecule has 3 N–H and O–H groups in total. The number of carboxylic acids is 1. The molecule has 0 bridgehead atoms. The number of rotatable bonds is 4. The van der Waals surface area contributed by atoms with Crippen LogP contribution in [-0.2, 0) is 21.2 Å². The third-order valence-corrected chi connectivity index (χ3v) is 4.83. The lowest BCUT2D eigenvalue weighted by Gasteiger charge is -2.19. The molecule has 1 aromatic rings. The number of nitrogens with one attached hydrogen (secondary N) is 1. The van der Waals surface area contributed by atoms with Crippen LogP contribution in [0.1, 0.15) is 19.2 Å². The number of imidazole rings is 1. The van der Waals surface area contributed by atoms with Crippen molar-refractivity contribution in [2.75, 3.05) is 6.54 Å². The van der Waals surface area contributed by atoms with Crippen molar-refractivity contribution in [1.82, 2.24) is 14.3 Å². The van der Waals surface area contributed by atoms with Crippen molar-refractivity contribution in [3.05, 3.63) is 12.0 Å². The number of aliphatic hydroxyl groups is 1. The van der Waals surface area contributed by atoms with E-state index in [-0.39, 0.29) is 18.0 Å². The molecule has 0 saturated carbocycles. The molecule has 0 aliphatic carbocycles. The van der Waals surface area contributed by atoms with Gasteiger partial charge in [0, 0.05) is 19.4 Å². The number of β-amino-alcohol motifs (C(OH)–C–C–N with tert-alkyl or cyclic N) is 1. The van der Waals surface area contributed by atoms with E-state index in [2.05, 4.69) is 9.97 Å². The van der Waals surface area contributed by atoms with Gasteiger partial charge in [-0.05, 0) is 0 Å². The number of sulfonamides is 1. The number of carbonyl (C=O) groups is 1. The van der Waals surface area contributed by atoms with Crippen molar-refractivity contribution >= 4 is 16.0 Å². The summed E-state index contributed by atoms with van der Waals surface area (Å²) in [4.78, 5) is 17.6. The van der Waals surface area contributed by atoms with Gasteiger partial charge in [-0.25, -0.2) is 13.4 Å². The van der Waals surface area contributed by atoms with Gasteiger partial charge in [0.05, 0.1) is 12.3 Å². The average Bonchev–Trinajstić information content (AvgIpc) is 2.94. The Morgan fingerprint density at radius 1 is 1.63 bits per heavy atom. The third-order valence-electron chi connectivity index (χ3n) is 3.05. The zero-order chi connectivity index (χ0) is 14.2. The molecule has 0 unspecified atom stereocenters. The first kappa shape index (κ1) is 14.0. The highest BCUT2D eigenvalue weighted by Gasteiger charge is 2.44. The lowest BCUT2D eigenvalue weighted by atomic mass is 10.2. The molecule has 1 aliphatic rings. The average molecular weight is 289 g/mol. The summed E-state index contributed by atoms with van der Waals surface area (Å²) in [5, 5.41) is 18.4. The van der Waals surface area contributed by atoms with Crippen LogP contribution in [0.5, 0.6) is 0 Å². The Morgan fingerprint density at radius 2 is 2.32 bits per heavy atom. The number of aliphatic hydroxyl groups excluding tert-OH is 1. The number of carboxylic acid groups (broad SMARTS) is 1. The molecule has 1 fully saturated rings. The van der Waals surface area contributed by atoms with Crippen molar-refractivity contribution < 1.29 is 23.4 Å². The standard InChI is InChI=1S/C10H15N3O5S/c1-2-8-11-4-9(12-8)19(17,18)13-5-6(14)3-7(13)10(15)16/h4,6-7,14H,2-3,5H2,1H3,(H,11,12)(H,15,16)/t6-,7-/m0/s1. The molecule has 2 atom stereocenters. The highest BCUT2D eigenvalue weighted by molar-refractivity contribution is 7.89. The van der Waals surface area contributed by atoms with E-state index < -0.39 is 28.1 Å². The van der Waals surface area contributed by atoms with E-state index in [1.54, 1.807) is 0 Å². The maximum atomic E-state index is 12.3. The zero-order valence-electron chi connectivity index (χ0n) is 10.3. The van der Waals surface area contributed by atoms with Crippen molar-refractivity contribution in [3.63, 3.8) is 0 Å². The summed E-state index contributed by atoms with van der Waals surface area (Å²) in [7, 11) is -3.98. The fraction of sp³-hybridized carbons (Fsp3) is 0.600. The molecule has 106 valence electrons. The number of aliphatic carboxylic acids is 1. The maximum absolute atomic E-state index is 12.3. The summed E-state index contributed by atoms with van der Waals surface area (Å²) in [6, 6.07) is -1.24. The summed E-state index contributed by atoms with van der Waals surface area (Å²) in [5.74, 6) is -0.763. The smallest absolute Gasteiger partial charge is 0.322 e. The summed E-state index contributed by atoms with van der Waals surface area (Å²) in [6.07, 6.45) is 0.631. The number of aromatic amines is 1. The molecule has 1 aromatic heterocycles. The molecule has 2 rings (SSSR count). The van der Waals surface area contributed by atoms with Crippen molar-refractivity contribution in [2.45, 2.75) is 36.9 Å². The molecule has 0 amide bonds. The lowest BCUT2D eigenvalue weighted by molar-refractivity contribution is -0.140. The summed E-state index contributed by atoms with van der Waals surface area (Å²) < 4.78 is 25.4. The third kappa shape index (κ3) is 2.48. The predicted molar refractivity (Wildman–Crippen MR) is 63.9 cm³/mol. The van der Waals surface area contributed by atoms with Crippen LogP contribution in [0.2, 0.25) is 0 Å². The number of hydrogen-bond donors (Lipinski definition) is 3. The Balaban J connectivity index is 2.35. The first-order valence-electron chi connectivity index (χ1n) is 5.82. The van der Waals surface area contributed by atoms with Gasteiger partial charge in [-0.1, -0.05) is 6.92 Å². The van der Waals surface area contributed by atoms with Gasteiger partial charge in [-0.15, -0.1) is 0 Å². The van der Waals surface area contributed by atoms with E-state index in [0.717, 1.165) is 10.5 Å². The summed E-state index contributed by atoms with van der Waals surface area (Å²) in [5.41, 5.74) is 0. The van der Waals surface area contributed by atoms with Gasteiger partial charge in [0.1, 0.15) is 11.9 Å². The van der Waals surface area contributed by atoms with Crippen LogP contribution in [0.15, 0.2) is 11.2 Å². The normalized spacial score (nSPS) is 24.7. The molecule has 9 heteroatoms. The van der Waals surface area contributed by atoms with Crippen molar-refractivity contribution in [2.24, 2.45) is 0 Å². The number of hydrogen-bond acceptors (Lipinski definition) is 5. The van der Waals surface area contributed by atoms with Gasteiger partial charge in [0.2, 0.25) is 0 Å². The highest BCUT2D eigenvalue weighted by Crippen LogP contribution is 2.25. The second kappa shape index (κ2) is 4.91. The second-order valence-electron chi connectivity index (χ2n) is 4.37. The van der Waals surface area contributed by atoms with E-state index in [1.165, 1.54) is 0 Å². The second-order valence-corrected chi connectivity index (χ2v) is 6.22. The van der Waals surface area contributed by atoms with Gasteiger partial charge in [-0.3, -0.25) is 4.79 Å².